The molecule has 0 bridgehead atoms. The molecule has 0 radical (unpaired) electrons. The zero-order valence-electron chi connectivity index (χ0n) is 14.3. The Morgan fingerprint density at radius 3 is 2.67 bits per heavy atom. The topological polar surface area (TPSA) is 49.4 Å². The Bertz CT molecular complexity index is 638. The van der Waals surface area contributed by atoms with Crippen molar-refractivity contribution in [2.24, 2.45) is 11.8 Å². The number of amides is 2. The Balaban J connectivity index is 1.64. The maximum Gasteiger partial charge on any atom is 0.227 e. The summed E-state index contributed by atoms with van der Waals surface area (Å²) in [5.41, 5.74) is 1.70. The van der Waals surface area contributed by atoms with E-state index in [0.29, 0.717) is 11.6 Å². The third kappa shape index (κ3) is 3.59. The first kappa shape index (κ1) is 17.3. The summed E-state index contributed by atoms with van der Waals surface area (Å²) >= 11 is 6.16. The monoisotopic (exact) mass is 348 g/mol. The fourth-order valence-corrected chi connectivity index (χ4v) is 3.90. The summed E-state index contributed by atoms with van der Waals surface area (Å²) in [5, 5.41) is 3.80. The highest BCUT2D eigenvalue weighted by Gasteiger charge is 2.36. The number of benzene rings is 1. The van der Waals surface area contributed by atoms with Crippen LogP contribution in [-0.4, -0.2) is 24.4 Å². The van der Waals surface area contributed by atoms with Crippen LogP contribution in [0.15, 0.2) is 18.2 Å². The molecular formula is C19H25ClN2O2. The summed E-state index contributed by atoms with van der Waals surface area (Å²) in [6.45, 7) is 4.61. The Morgan fingerprint density at radius 1 is 1.25 bits per heavy atom. The van der Waals surface area contributed by atoms with Crippen molar-refractivity contribution >= 4 is 29.1 Å². The van der Waals surface area contributed by atoms with Crippen molar-refractivity contribution in [2.75, 3.05) is 11.4 Å². The van der Waals surface area contributed by atoms with Gasteiger partial charge in [-0.2, -0.15) is 0 Å². The summed E-state index contributed by atoms with van der Waals surface area (Å²) in [6, 6.07) is 5.82. The van der Waals surface area contributed by atoms with Crippen LogP contribution in [0, 0.1) is 18.8 Å². The Morgan fingerprint density at radius 2 is 1.96 bits per heavy atom. The molecule has 2 fully saturated rings. The first-order chi connectivity index (χ1) is 11.5. The van der Waals surface area contributed by atoms with Gasteiger partial charge in [0.2, 0.25) is 11.8 Å². The van der Waals surface area contributed by atoms with Crippen molar-refractivity contribution in [2.45, 2.75) is 52.0 Å². The van der Waals surface area contributed by atoms with Crippen LogP contribution in [-0.2, 0) is 9.59 Å². The number of carbonyl (C=O) groups is 2. The van der Waals surface area contributed by atoms with Crippen LogP contribution in [0.2, 0.25) is 5.02 Å². The van der Waals surface area contributed by atoms with Crippen molar-refractivity contribution in [3.63, 3.8) is 0 Å². The van der Waals surface area contributed by atoms with Gasteiger partial charge in [0, 0.05) is 29.7 Å². The average molecular weight is 349 g/mol. The van der Waals surface area contributed by atoms with E-state index in [0.717, 1.165) is 30.0 Å². The largest absolute Gasteiger partial charge is 0.353 e. The highest BCUT2D eigenvalue weighted by atomic mass is 35.5. The Hall–Kier alpha value is -1.55. The normalized spacial score (nSPS) is 27.4. The minimum Gasteiger partial charge on any atom is -0.353 e. The second-order valence-electron chi connectivity index (χ2n) is 7.25. The van der Waals surface area contributed by atoms with Gasteiger partial charge < -0.3 is 10.2 Å². The fraction of sp³-hybridized carbons (Fsp3) is 0.579. The Labute approximate surface area is 148 Å². The molecule has 0 spiro atoms. The number of hydrogen-bond donors (Lipinski definition) is 1. The van der Waals surface area contributed by atoms with E-state index in [9.17, 15) is 9.59 Å². The quantitative estimate of drug-likeness (QED) is 0.905. The number of nitrogens with one attached hydrogen (secondary N) is 1. The third-order valence-corrected chi connectivity index (χ3v) is 5.80. The molecule has 0 unspecified atom stereocenters. The van der Waals surface area contributed by atoms with E-state index in [1.165, 1.54) is 12.8 Å². The molecule has 2 aliphatic rings. The van der Waals surface area contributed by atoms with Gasteiger partial charge in [0.25, 0.3) is 0 Å². The van der Waals surface area contributed by atoms with Crippen LogP contribution in [0.1, 0.15) is 44.6 Å². The second kappa shape index (κ2) is 7.14. The third-order valence-electron chi connectivity index (χ3n) is 5.39. The molecule has 1 N–H and O–H groups in total. The molecule has 1 aliphatic carbocycles. The lowest BCUT2D eigenvalue weighted by molar-refractivity contribution is -0.127. The van der Waals surface area contributed by atoms with E-state index in [-0.39, 0.29) is 30.2 Å². The minimum atomic E-state index is -0.268. The molecule has 1 heterocycles. The predicted molar refractivity (Wildman–Crippen MR) is 96.2 cm³/mol. The van der Waals surface area contributed by atoms with Crippen molar-refractivity contribution in [3.05, 3.63) is 28.8 Å². The molecule has 1 atom stereocenters. The van der Waals surface area contributed by atoms with Crippen LogP contribution >= 0.6 is 11.6 Å². The zero-order valence-corrected chi connectivity index (χ0v) is 15.1. The summed E-state index contributed by atoms with van der Waals surface area (Å²) in [7, 11) is 0. The van der Waals surface area contributed by atoms with Crippen molar-refractivity contribution < 1.29 is 9.59 Å². The standard InChI is InChI=1S/C19H25ClN2O2/c1-12-6-8-15(9-7-12)21-19(24)14-10-18(23)22(11-14)17-5-3-4-16(20)13(17)2/h3-5,12,14-15H,6-11H2,1-2H3,(H,21,24)/t12?,14-,15?/m0/s1. The van der Waals surface area contributed by atoms with Crippen molar-refractivity contribution in [3.8, 4) is 0 Å². The number of nitrogens with zero attached hydrogens (tertiary/aromatic N) is 1. The molecule has 1 aliphatic heterocycles. The maximum absolute atomic E-state index is 12.6. The average Bonchev–Trinajstić information content (AvgIpc) is 2.94. The maximum atomic E-state index is 12.6. The molecule has 3 rings (SSSR count). The minimum absolute atomic E-state index is 0.00205. The highest BCUT2D eigenvalue weighted by molar-refractivity contribution is 6.31. The van der Waals surface area contributed by atoms with Gasteiger partial charge in [-0.25, -0.2) is 0 Å². The number of hydrogen-bond acceptors (Lipinski definition) is 2. The first-order valence-electron chi connectivity index (χ1n) is 8.81. The van der Waals surface area contributed by atoms with Gasteiger partial charge in [-0.3, -0.25) is 9.59 Å². The van der Waals surface area contributed by atoms with E-state index in [1.807, 2.05) is 25.1 Å². The smallest absolute Gasteiger partial charge is 0.227 e. The van der Waals surface area contributed by atoms with Gasteiger partial charge in [0.1, 0.15) is 0 Å². The van der Waals surface area contributed by atoms with Crippen LogP contribution in [0.4, 0.5) is 5.69 Å². The van der Waals surface area contributed by atoms with Crippen LogP contribution in [0.5, 0.6) is 0 Å². The van der Waals surface area contributed by atoms with Gasteiger partial charge in [-0.1, -0.05) is 24.6 Å². The molecule has 2 amide bonds. The lowest BCUT2D eigenvalue weighted by Gasteiger charge is -2.28. The van der Waals surface area contributed by atoms with Crippen molar-refractivity contribution in [1.82, 2.24) is 5.32 Å². The summed E-state index contributed by atoms with van der Waals surface area (Å²) in [4.78, 5) is 26.6. The summed E-state index contributed by atoms with van der Waals surface area (Å²) in [6.07, 6.45) is 4.71. The highest BCUT2D eigenvalue weighted by Crippen LogP contribution is 2.32. The molecule has 4 nitrogen and oxygen atoms in total. The lowest BCUT2D eigenvalue weighted by Crippen LogP contribution is -2.41. The SMILES string of the molecule is Cc1c(Cl)cccc1N1C[C@@H](C(=O)NC2CCC(C)CC2)CC1=O. The number of carbonyl (C=O) groups excluding carboxylic acids is 2. The number of halogens is 1. The van der Waals surface area contributed by atoms with E-state index in [1.54, 1.807) is 4.90 Å². The lowest BCUT2D eigenvalue weighted by atomic mass is 9.87. The fourth-order valence-electron chi connectivity index (χ4n) is 3.73. The van der Waals surface area contributed by atoms with E-state index < -0.39 is 0 Å². The van der Waals surface area contributed by atoms with Crippen LogP contribution in [0.3, 0.4) is 0 Å². The molecule has 1 saturated heterocycles. The van der Waals surface area contributed by atoms with E-state index in [2.05, 4.69) is 12.2 Å². The molecule has 1 aromatic carbocycles. The Kier molecular flexibility index (Phi) is 5.14. The molecule has 0 aromatic heterocycles. The van der Waals surface area contributed by atoms with Crippen LogP contribution in [0.25, 0.3) is 0 Å². The predicted octanol–water partition coefficient (Wildman–Crippen LogP) is 3.70. The number of anilines is 1. The molecule has 5 heteroatoms. The molecule has 130 valence electrons. The van der Waals surface area contributed by atoms with Crippen molar-refractivity contribution in [1.29, 1.82) is 0 Å². The van der Waals surface area contributed by atoms with Crippen LogP contribution < -0.4 is 10.2 Å². The van der Waals surface area contributed by atoms with Gasteiger partial charge in [-0.15, -0.1) is 0 Å². The number of rotatable bonds is 3. The second-order valence-corrected chi connectivity index (χ2v) is 7.66. The van der Waals surface area contributed by atoms with Gasteiger partial charge in [-0.05, 0) is 56.2 Å². The molecule has 24 heavy (non-hydrogen) atoms. The molecular weight excluding hydrogens is 324 g/mol. The summed E-state index contributed by atoms with van der Waals surface area (Å²) < 4.78 is 0. The van der Waals surface area contributed by atoms with E-state index in [4.69, 9.17) is 11.6 Å². The first-order valence-corrected chi connectivity index (χ1v) is 9.19. The van der Waals surface area contributed by atoms with Gasteiger partial charge in [0.05, 0.1) is 5.92 Å². The molecule has 1 saturated carbocycles. The van der Waals surface area contributed by atoms with Gasteiger partial charge >= 0.3 is 0 Å². The van der Waals surface area contributed by atoms with E-state index >= 15 is 0 Å². The zero-order chi connectivity index (χ0) is 17.3. The summed E-state index contributed by atoms with van der Waals surface area (Å²) in [5.74, 6) is 0.505. The van der Waals surface area contributed by atoms with Gasteiger partial charge in [0.15, 0.2) is 0 Å². The molecule has 1 aromatic rings.